The molecule has 0 aliphatic heterocycles. The molecular weight excluding hydrogens is 371 g/mol. The van der Waals surface area contributed by atoms with Gasteiger partial charge in [0.15, 0.2) is 0 Å². The van der Waals surface area contributed by atoms with Crippen molar-refractivity contribution in [3.8, 4) is 0 Å². The fraction of sp³-hybridized carbons (Fsp3) is 0.105. The van der Waals surface area contributed by atoms with E-state index in [1.54, 1.807) is 18.2 Å². The fourth-order valence-corrected chi connectivity index (χ4v) is 2.65. The maximum Gasteiger partial charge on any atom is 0.275 e. The Morgan fingerprint density at radius 1 is 1.08 bits per heavy atom. The number of anilines is 2. The molecule has 0 radical (unpaired) electrons. The summed E-state index contributed by atoms with van der Waals surface area (Å²) in [6.07, 6.45) is 2.93. The first kappa shape index (κ1) is 18.2. The van der Waals surface area contributed by atoms with Crippen LogP contribution in [0.15, 0.2) is 54.9 Å². The Morgan fingerprint density at radius 3 is 2.62 bits per heavy atom. The van der Waals surface area contributed by atoms with Crippen LogP contribution in [0.4, 0.5) is 11.5 Å². The normalized spacial score (nSPS) is 10.4. The van der Waals surface area contributed by atoms with Crippen molar-refractivity contribution in [3.05, 3.63) is 81.7 Å². The van der Waals surface area contributed by atoms with Gasteiger partial charge in [0, 0.05) is 11.6 Å². The molecule has 0 saturated carbocycles. The van der Waals surface area contributed by atoms with Crippen LogP contribution in [-0.2, 0) is 6.54 Å². The van der Waals surface area contributed by atoms with Gasteiger partial charge >= 0.3 is 0 Å². The molecular formula is C19H16Cl2N4O. The first-order chi connectivity index (χ1) is 12.5. The third-order valence-corrected chi connectivity index (χ3v) is 4.35. The number of aryl methyl sites for hydroxylation is 1. The van der Waals surface area contributed by atoms with E-state index in [-0.39, 0.29) is 5.69 Å². The molecule has 5 nitrogen and oxygen atoms in total. The van der Waals surface area contributed by atoms with Gasteiger partial charge in [0.1, 0.15) is 11.5 Å². The van der Waals surface area contributed by atoms with E-state index in [1.165, 1.54) is 23.5 Å². The number of hydrogen-bond acceptors (Lipinski definition) is 4. The van der Waals surface area contributed by atoms with Gasteiger partial charge in [-0.25, -0.2) is 9.97 Å². The minimum Gasteiger partial charge on any atom is -0.365 e. The Morgan fingerprint density at radius 2 is 1.88 bits per heavy atom. The molecule has 132 valence electrons. The Bertz CT molecular complexity index is 929. The van der Waals surface area contributed by atoms with Gasteiger partial charge in [-0.05, 0) is 36.2 Å². The predicted octanol–water partition coefficient (Wildman–Crippen LogP) is 4.96. The molecule has 0 aliphatic rings. The van der Waals surface area contributed by atoms with Crippen LogP contribution in [0.2, 0.25) is 10.0 Å². The number of nitrogens with zero attached hydrogens (tertiary/aromatic N) is 2. The summed E-state index contributed by atoms with van der Waals surface area (Å²) in [5.41, 5.74) is 2.98. The Balaban J connectivity index is 1.64. The summed E-state index contributed by atoms with van der Waals surface area (Å²) < 4.78 is 0. The van der Waals surface area contributed by atoms with E-state index < -0.39 is 5.91 Å². The number of carbonyl (C=O) groups excluding carboxylic acids is 1. The molecule has 0 spiro atoms. The van der Waals surface area contributed by atoms with Gasteiger partial charge in [0.05, 0.1) is 23.1 Å². The molecule has 0 atom stereocenters. The maximum atomic E-state index is 12.3. The number of benzene rings is 2. The van der Waals surface area contributed by atoms with Gasteiger partial charge in [-0.1, -0.05) is 47.5 Å². The zero-order valence-electron chi connectivity index (χ0n) is 14.0. The quantitative estimate of drug-likeness (QED) is 0.650. The van der Waals surface area contributed by atoms with Crippen molar-refractivity contribution < 1.29 is 4.79 Å². The summed E-state index contributed by atoms with van der Waals surface area (Å²) in [5, 5.41) is 6.74. The first-order valence-electron chi connectivity index (χ1n) is 7.90. The molecule has 0 unspecified atom stereocenters. The van der Waals surface area contributed by atoms with Crippen molar-refractivity contribution in [1.29, 1.82) is 0 Å². The number of aromatic nitrogens is 2. The van der Waals surface area contributed by atoms with Crippen LogP contribution >= 0.6 is 23.2 Å². The SMILES string of the molecule is Cc1ccccc1CNc1cnc(C(=O)Nc2cc(Cl)ccc2Cl)cn1. The molecule has 1 amide bonds. The molecule has 1 aromatic heterocycles. The summed E-state index contributed by atoms with van der Waals surface area (Å²) >= 11 is 12.0. The smallest absolute Gasteiger partial charge is 0.275 e. The van der Waals surface area contributed by atoms with Crippen molar-refractivity contribution in [2.24, 2.45) is 0 Å². The van der Waals surface area contributed by atoms with E-state index in [1.807, 2.05) is 18.2 Å². The minimum atomic E-state index is -0.410. The summed E-state index contributed by atoms with van der Waals surface area (Å²) in [7, 11) is 0. The van der Waals surface area contributed by atoms with Gasteiger partial charge in [0.2, 0.25) is 0 Å². The van der Waals surface area contributed by atoms with Crippen LogP contribution in [0.5, 0.6) is 0 Å². The lowest BCUT2D eigenvalue weighted by molar-refractivity contribution is 0.102. The summed E-state index contributed by atoms with van der Waals surface area (Å²) in [4.78, 5) is 20.7. The molecule has 0 bridgehead atoms. The van der Waals surface area contributed by atoms with E-state index in [0.717, 1.165) is 0 Å². The molecule has 7 heteroatoms. The van der Waals surface area contributed by atoms with Gasteiger partial charge < -0.3 is 10.6 Å². The Hall–Kier alpha value is -2.63. The Kier molecular flexibility index (Phi) is 5.71. The van der Waals surface area contributed by atoms with Gasteiger partial charge in [-0.15, -0.1) is 0 Å². The number of amides is 1. The van der Waals surface area contributed by atoms with Crippen LogP contribution in [-0.4, -0.2) is 15.9 Å². The van der Waals surface area contributed by atoms with Crippen LogP contribution in [0.3, 0.4) is 0 Å². The predicted molar refractivity (Wildman–Crippen MR) is 105 cm³/mol. The number of hydrogen-bond donors (Lipinski definition) is 2. The highest BCUT2D eigenvalue weighted by atomic mass is 35.5. The third kappa shape index (κ3) is 4.50. The second-order valence-electron chi connectivity index (χ2n) is 5.65. The standard InChI is InChI=1S/C19H16Cl2N4O/c1-12-4-2-3-5-13(12)9-23-18-11-22-17(10-24-18)19(26)25-16-8-14(20)6-7-15(16)21/h2-8,10-11H,9H2,1H3,(H,23,24)(H,25,26). The number of halogens is 2. The molecule has 3 rings (SSSR count). The number of rotatable bonds is 5. The van der Waals surface area contributed by atoms with Crippen molar-refractivity contribution in [1.82, 2.24) is 9.97 Å². The van der Waals surface area contributed by atoms with Crippen molar-refractivity contribution in [3.63, 3.8) is 0 Å². The van der Waals surface area contributed by atoms with Crippen molar-refractivity contribution in [2.75, 3.05) is 10.6 Å². The summed E-state index contributed by atoms with van der Waals surface area (Å²) in [5.74, 6) is 0.178. The molecule has 1 heterocycles. The molecule has 3 aromatic rings. The molecule has 2 N–H and O–H groups in total. The van der Waals surface area contributed by atoms with Gasteiger partial charge in [-0.2, -0.15) is 0 Å². The second-order valence-corrected chi connectivity index (χ2v) is 6.49. The highest BCUT2D eigenvalue weighted by molar-refractivity contribution is 6.35. The van der Waals surface area contributed by atoms with Crippen LogP contribution in [0, 0.1) is 6.92 Å². The minimum absolute atomic E-state index is 0.183. The van der Waals surface area contributed by atoms with Crippen LogP contribution in [0.1, 0.15) is 21.6 Å². The van der Waals surface area contributed by atoms with Crippen molar-refractivity contribution in [2.45, 2.75) is 13.5 Å². The van der Waals surface area contributed by atoms with Gasteiger partial charge in [0.25, 0.3) is 5.91 Å². The first-order valence-corrected chi connectivity index (χ1v) is 8.65. The highest BCUT2D eigenvalue weighted by Gasteiger charge is 2.11. The third-order valence-electron chi connectivity index (χ3n) is 3.78. The zero-order chi connectivity index (χ0) is 18.5. The molecule has 0 aliphatic carbocycles. The average Bonchev–Trinajstić information content (AvgIpc) is 2.64. The van der Waals surface area contributed by atoms with E-state index in [0.29, 0.717) is 28.1 Å². The second kappa shape index (κ2) is 8.17. The van der Waals surface area contributed by atoms with Gasteiger partial charge in [-0.3, -0.25) is 4.79 Å². The summed E-state index contributed by atoms with van der Waals surface area (Å²) in [6.45, 7) is 2.68. The van der Waals surface area contributed by atoms with Crippen LogP contribution < -0.4 is 10.6 Å². The van der Waals surface area contributed by atoms with E-state index in [9.17, 15) is 4.79 Å². The molecule has 0 saturated heterocycles. The van der Waals surface area contributed by atoms with Crippen LogP contribution in [0.25, 0.3) is 0 Å². The summed E-state index contributed by atoms with van der Waals surface area (Å²) in [6, 6.07) is 12.9. The van der Waals surface area contributed by atoms with E-state index in [2.05, 4.69) is 33.6 Å². The maximum absolute atomic E-state index is 12.3. The lowest BCUT2D eigenvalue weighted by Crippen LogP contribution is -2.15. The zero-order valence-corrected chi connectivity index (χ0v) is 15.5. The van der Waals surface area contributed by atoms with E-state index in [4.69, 9.17) is 23.2 Å². The molecule has 0 fully saturated rings. The molecule has 26 heavy (non-hydrogen) atoms. The monoisotopic (exact) mass is 386 g/mol. The number of nitrogens with one attached hydrogen (secondary N) is 2. The highest BCUT2D eigenvalue weighted by Crippen LogP contribution is 2.25. The Labute approximate surface area is 161 Å². The van der Waals surface area contributed by atoms with E-state index >= 15 is 0 Å². The topological polar surface area (TPSA) is 66.9 Å². The lowest BCUT2D eigenvalue weighted by Gasteiger charge is -2.09. The largest absolute Gasteiger partial charge is 0.365 e. The molecule has 2 aromatic carbocycles. The van der Waals surface area contributed by atoms with Crippen molar-refractivity contribution >= 4 is 40.6 Å². The number of carbonyl (C=O) groups is 1. The fourth-order valence-electron chi connectivity index (χ4n) is 2.31. The average molecular weight is 387 g/mol. The lowest BCUT2D eigenvalue weighted by atomic mass is 10.1.